The highest BCUT2D eigenvalue weighted by atomic mass is 16.7. The highest BCUT2D eigenvalue weighted by Gasteiger charge is 2.16. The molecule has 0 heterocycles. The molecule has 6 nitrogen and oxygen atoms in total. The average molecular weight is 384 g/mol. The second kappa shape index (κ2) is 12.0. The molecule has 0 fully saturated rings. The van der Waals surface area contributed by atoms with Crippen LogP contribution >= 0.6 is 0 Å². The van der Waals surface area contributed by atoms with Crippen molar-refractivity contribution in [2.75, 3.05) is 6.61 Å². The minimum atomic E-state index is -0.981. The number of carboxylic acid groups (broad SMARTS) is 1. The molecule has 1 N–H and O–H groups in total. The van der Waals surface area contributed by atoms with Crippen LogP contribution in [0.25, 0.3) is 11.1 Å². The number of hydrogen-bond donors (Lipinski definition) is 1. The molecule has 0 aromatic heterocycles. The van der Waals surface area contributed by atoms with Crippen LogP contribution in [0.15, 0.2) is 79.6 Å². The SMILES string of the molecule is C=C(OCC)C(=O)OC(C)Oc1ccccc1-c1ccccc1.C=CC(=O)O. The van der Waals surface area contributed by atoms with Crippen LogP contribution in [-0.2, 0) is 19.1 Å². The Balaban J connectivity index is 0.000000696. The third-order valence-electron chi connectivity index (χ3n) is 3.26. The van der Waals surface area contributed by atoms with Gasteiger partial charge in [-0.15, -0.1) is 0 Å². The number of hydrogen-bond acceptors (Lipinski definition) is 5. The molecule has 0 radical (unpaired) electrons. The Morgan fingerprint density at radius 1 is 1.11 bits per heavy atom. The summed E-state index contributed by atoms with van der Waals surface area (Å²) in [6.07, 6.45) is 0.0737. The highest BCUT2D eigenvalue weighted by Crippen LogP contribution is 2.30. The predicted octanol–water partition coefficient (Wildman–Crippen LogP) is 4.43. The van der Waals surface area contributed by atoms with Crippen LogP contribution in [0.3, 0.4) is 0 Å². The van der Waals surface area contributed by atoms with Crippen molar-refractivity contribution in [1.29, 1.82) is 0 Å². The van der Waals surface area contributed by atoms with Crippen LogP contribution in [0.5, 0.6) is 5.75 Å². The molecule has 0 saturated carbocycles. The topological polar surface area (TPSA) is 82.1 Å². The van der Waals surface area contributed by atoms with E-state index in [1.54, 1.807) is 13.8 Å². The van der Waals surface area contributed by atoms with Gasteiger partial charge in [-0.25, -0.2) is 9.59 Å². The lowest BCUT2D eigenvalue weighted by Gasteiger charge is -2.18. The number of carboxylic acids is 1. The van der Waals surface area contributed by atoms with E-state index >= 15 is 0 Å². The summed E-state index contributed by atoms with van der Waals surface area (Å²) < 4.78 is 16.0. The minimum absolute atomic E-state index is 0.0284. The third-order valence-corrected chi connectivity index (χ3v) is 3.26. The van der Waals surface area contributed by atoms with Gasteiger partial charge in [-0.05, 0) is 25.1 Å². The number of carbonyl (C=O) groups is 2. The molecule has 0 aliphatic carbocycles. The molecule has 0 aliphatic rings. The molecule has 6 heteroatoms. The van der Waals surface area contributed by atoms with E-state index in [2.05, 4.69) is 13.2 Å². The van der Waals surface area contributed by atoms with Crippen molar-refractivity contribution in [3.05, 3.63) is 79.6 Å². The van der Waals surface area contributed by atoms with E-state index in [1.807, 2.05) is 54.6 Å². The molecule has 28 heavy (non-hydrogen) atoms. The van der Waals surface area contributed by atoms with Crippen molar-refractivity contribution in [2.24, 2.45) is 0 Å². The van der Waals surface area contributed by atoms with Crippen LogP contribution in [0.4, 0.5) is 0 Å². The summed E-state index contributed by atoms with van der Waals surface area (Å²) >= 11 is 0. The van der Waals surface area contributed by atoms with Gasteiger partial charge in [0.15, 0.2) is 5.76 Å². The second-order valence-corrected chi connectivity index (χ2v) is 5.35. The van der Waals surface area contributed by atoms with Gasteiger partial charge < -0.3 is 19.3 Å². The monoisotopic (exact) mass is 384 g/mol. The van der Waals surface area contributed by atoms with E-state index in [1.165, 1.54) is 0 Å². The van der Waals surface area contributed by atoms with E-state index in [0.717, 1.165) is 17.2 Å². The van der Waals surface area contributed by atoms with Crippen LogP contribution in [0.1, 0.15) is 13.8 Å². The molecular weight excluding hydrogens is 360 g/mol. The summed E-state index contributed by atoms with van der Waals surface area (Å²) in [4.78, 5) is 21.0. The van der Waals surface area contributed by atoms with E-state index in [4.69, 9.17) is 19.3 Å². The Morgan fingerprint density at radius 2 is 1.68 bits per heavy atom. The van der Waals surface area contributed by atoms with Gasteiger partial charge >= 0.3 is 11.9 Å². The zero-order valence-electron chi connectivity index (χ0n) is 16.0. The Bertz CT molecular complexity index is 798. The first-order valence-electron chi connectivity index (χ1n) is 8.58. The fourth-order valence-corrected chi connectivity index (χ4v) is 2.08. The fraction of sp³-hybridized carbons (Fsp3) is 0.182. The van der Waals surface area contributed by atoms with Gasteiger partial charge in [-0.1, -0.05) is 55.1 Å². The van der Waals surface area contributed by atoms with E-state index < -0.39 is 18.2 Å². The molecular formula is C22H24O6. The number of carbonyl (C=O) groups excluding carboxylic acids is 1. The molecule has 0 bridgehead atoms. The molecule has 0 spiro atoms. The lowest BCUT2D eigenvalue weighted by atomic mass is 10.1. The van der Waals surface area contributed by atoms with Crippen LogP contribution < -0.4 is 4.74 Å². The van der Waals surface area contributed by atoms with Gasteiger partial charge in [0, 0.05) is 18.6 Å². The van der Waals surface area contributed by atoms with Crippen LogP contribution in [-0.4, -0.2) is 29.9 Å². The second-order valence-electron chi connectivity index (χ2n) is 5.35. The van der Waals surface area contributed by atoms with Crippen LogP contribution in [0.2, 0.25) is 0 Å². The Labute approximate surface area is 164 Å². The van der Waals surface area contributed by atoms with Crippen molar-refractivity contribution in [2.45, 2.75) is 20.1 Å². The van der Waals surface area contributed by atoms with E-state index in [-0.39, 0.29) is 5.76 Å². The van der Waals surface area contributed by atoms with Crippen LogP contribution in [0, 0.1) is 0 Å². The van der Waals surface area contributed by atoms with E-state index in [0.29, 0.717) is 12.4 Å². The molecule has 0 aliphatic heterocycles. The molecule has 2 rings (SSSR count). The first-order valence-corrected chi connectivity index (χ1v) is 8.58. The average Bonchev–Trinajstić information content (AvgIpc) is 2.69. The molecule has 0 amide bonds. The first-order chi connectivity index (χ1) is 13.4. The zero-order valence-corrected chi connectivity index (χ0v) is 16.0. The third kappa shape index (κ3) is 7.78. The summed E-state index contributed by atoms with van der Waals surface area (Å²) in [5.74, 6) is -0.998. The molecule has 2 aromatic rings. The molecule has 148 valence electrons. The summed E-state index contributed by atoms with van der Waals surface area (Å²) in [5, 5.41) is 7.60. The quantitative estimate of drug-likeness (QED) is 0.314. The summed E-state index contributed by atoms with van der Waals surface area (Å²) in [5.41, 5.74) is 1.96. The summed E-state index contributed by atoms with van der Waals surface area (Å²) in [6, 6.07) is 17.5. The number of benzene rings is 2. The predicted molar refractivity (Wildman–Crippen MR) is 107 cm³/mol. The number of ether oxygens (including phenoxy) is 3. The maximum Gasteiger partial charge on any atom is 0.376 e. The molecule has 1 unspecified atom stereocenters. The fourth-order valence-electron chi connectivity index (χ4n) is 2.08. The van der Waals surface area contributed by atoms with Crippen molar-refractivity contribution in [3.63, 3.8) is 0 Å². The number of aliphatic carboxylic acids is 1. The highest BCUT2D eigenvalue weighted by molar-refractivity contribution is 5.85. The van der Waals surface area contributed by atoms with Crippen molar-refractivity contribution >= 4 is 11.9 Å². The van der Waals surface area contributed by atoms with Crippen molar-refractivity contribution < 1.29 is 28.9 Å². The first kappa shape index (κ1) is 22.5. The number of rotatable bonds is 8. The Kier molecular flexibility index (Phi) is 9.61. The largest absolute Gasteiger partial charge is 0.487 e. The van der Waals surface area contributed by atoms with Gasteiger partial charge in [-0.2, -0.15) is 0 Å². The lowest BCUT2D eigenvalue weighted by molar-refractivity contribution is -0.160. The summed E-state index contributed by atoms with van der Waals surface area (Å²) in [7, 11) is 0. The van der Waals surface area contributed by atoms with E-state index in [9.17, 15) is 9.59 Å². The maximum atomic E-state index is 11.8. The minimum Gasteiger partial charge on any atom is -0.487 e. The maximum absolute atomic E-state index is 11.8. The smallest absolute Gasteiger partial charge is 0.376 e. The van der Waals surface area contributed by atoms with Crippen molar-refractivity contribution in [1.82, 2.24) is 0 Å². The Hall–Kier alpha value is -3.54. The molecule has 2 aromatic carbocycles. The summed E-state index contributed by atoms with van der Waals surface area (Å²) in [6.45, 7) is 10.3. The lowest BCUT2D eigenvalue weighted by Crippen LogP contribution is -2.22. The van der Waals surface area contributed by atoms with Gasteiger partial charge in [0.2, 0.25) is 6.29 Å². The van der Waals surface area contributed by atoms with Gasteiger partial charge in [0.1, 0.15) is 5.75 Å². The molecule has 0 saturated heterocycles. The number of para-hydroxylation sites is 1. The molecule has 1 atom stereocenters. The van der Waals surface area contributed by atoms with Gasteiger partial charge in [0.25, 0.3) is 0 Å². The zero-order chi connectivity index (χ0) is 20.9. The standard InChI is InChI=1S/C19H20O4.C3H4O2/c1-4-21-14(2)19(20)23-15(3)22-18-13-9-8-12-17(18)16-10-6-5-7-11-16;1-2-3(4)5/h5-13,15H,2,4H2,1,3H3;2H,1H2,(H,4,5). The van der Waals surface area contributed by atoms with Gasteiger partial charge in [-0.3, -0.25) is 0 Å². The normalized spacial score (nSPS) is 10.5. The van der Waals surface area contributed by atoms with Crippen molar-refractivity contribution in [3.8, 4) is 16.9 Å². The van der Waals surface area contributed by atoms with Gasteiger partial charge in [0.05, 0.1) is 6.61 Å². The Morgan fingerprint density at radius 3 is 2.25 bits per heavy atom. The number of esters is 1.